The fourth-order valence-corrected chi connectivity index (χ4v) is 2.35. The van der Waals surface area contributed by atoms with Gasteiger partial charge >= 0.3 is 0 Å². The number of rotatable bonds is 4. The number of halogens is 1. The summed E-state index contributed by atoms with van der Waals surface area (Å²) in [6.07, 6.45) is 1.61. The molecule has 2 aromatic heterocycles. The molecule has 1 N–H and O–H groups in total. The van der Waals surface area contributed by atoms with Crippen molar-refractivity contribution in [3.63, 3.8) is 0 Å². The number of nitrogens with one attached hydrogen (secondary N) is 1. The van der Waals surface area contributed by atoms with Crippen LogP contribution in [0.25, 0.3) is 5.65 Å². The standard InChI is InChI=1S/C17H14ClN3O3/c1-11-12(18)5-4-6-13(11)19-15(22)10-24-16-9-17(23)21-8-3-2-7-14(21)20-16/h2-9H,10H2,1H3,(H,19,22). The second-order valence-corrected chi connectivity index (χ2v) is 5.52. The largest absolute Gasteiger partial charge is 0.467 e. The Balaban J connectivity index is 1.70. The number of fused-ring (bicyclic) bond motifs is 1. The summed E-state index contributed by atoms with van der Waals surface area (Å²) < 4.78 is 6.72. The van der Waals surface area contributed by atoms with E-state index in [-0.39, 0.29) is 24.0 Å². The van der Waals surface area contributed by atoms with Crippen molar-refractivity contribution in [2.24, 2.45) is 0 Å². The summed E-state index contributed by atoms with van der Waals surface area (Å²) in [7, 11) is 0. The summed E-state index contributed by atoms with van der Waals surface area (Å²) in [6.45, 7) is 1.55. The van der Waals surface area contributed by atoms with Gasteiger partial charge in [0.25, 0.3) is 11.5 Å². The maximum atomic E-state index is 12.0. The van der Waals surface area contributed by atoms with Crippen LogP contribution < -0.4 is 15.6 Å². The van der Waals surface area contributed by atoms with E-state index in [2.05, 4.69) is 10.3 Å². The van der Waals surface area contributed by atoms with Crippen LogP contribution in [0.5, 0.6) is 5.88 Å². The first-order valence-electron chi connectivity index (χ1n) is 7.21. The van der Waals surface area contributed by atoms with Crippen molar-refractivity contribution in [3.05, 3.63) is 69.6 Å². The molecule has 3 aromatic rings. The molecule has 0 bridgehead atoms. The molecule has 0 aliphatic heterocycles. The molecular weight excluding hydrogens is 330 g/mol. The van der Waals surface area contributed by atoms with Crippen molar-refractivity contribution >= 4 is 28.8 Å². The Labute approximate surface area is 142 Å². The van der Waals surface area contributed by atoms with E-state index in [4.69, 9.17) is 16.3 Å². The summed E-state index contributed by atoms with van der Waals surface area (Å²) in [5.41, 5.74) is 1.56. The van der Waals surface area contributed by atoms with E-state index < -0.39 is 0 Å². The predicted octanol–water partition coefficient (Wildman–Crippen LogP) is 2.67. The van der Waals surface area contributed by atoms with Crippen molar-refractivity contribution in [2.45, 2.75) is 6.92 Å². The minimum atomic E-state index is -0.365. The van der Waals surface area contributed by atoms with Gasteiger partial charge in [-0.2, -0.15) is 4.98 Å². The third-order valence-electron chi connectivity index (χ3n) is 3.44. The number of hydrogen-bond acceptors (Lipinski definition) is 4. The second kappa shape index (κ2) is 6.72. The Bertz CT molecular complexity index is 969. The van der Waals surface area contributed by atoms with Crippen LogP contribution in [0.4, 0.5) is 5.69 Å². The fourth-order valence-electron chi connectivity index (χ4n) is 2.17. The topological polar surface area (TPSA) is 72.7 Å². The average Bonchev–Trinajstić information content (AvgIpc) is 2.57. The van der Waals surface area contributed by atoms with Gasteiger partial charge in [-0.05, 0) is 36.8 Å². The number of amides is 1. The van der Waals surface area contributed by atoms with Gasteiger partial charge in [-0.3, -0.25) is 14.0 Å². The highest BCUT2D eigenvalue weighted by atomic mass is 35.5. The quantitative estimate of drug-likeness (QED) is 0.790. The van der Waals surface area contributed by atoms with Crippen LogP contribution in [0, 0.1) is 6.92 Å². The lowest BCUT2D eigenvalue weighted by molar-refractivity contribution is -0.118. The van der Waals surface area contributed by atoms with Gasteiger partial charge in [0.05, 0.1) is 6.07 Å². The molecule has 0 unspecified atom stereocenters. The highest BCUT2D eigenvalue weighted by Gasteiger charge is 2.09. The lowest BCUT2D eigenvalue weighted by atomic mass is 10.2. The Morgan fingerprint density at radius 1 is 1.29 bits per heavy atom. The molecule has 7 heteroatoms. The number of nitrogens with zero attached hydrogens (tertiary/aromatic N) is 2. The van der Waals surface area contributed by atoms with Gasteiger partial charge < -0.3 is 10.1 Å². The van der Waals surface area contributed by atoms with Crippen LogP contribution in [-0.4, -0.2) is 21.9 Å². The normalized spacial score (nSPS) is 10.6. The summed E-state index contributed by atoms with van der Waals surface area (Å²) in [4.78, 5) is 28.1. The van der Waals surface area contributed by atoms with Crippen molar-refractivity contribution in [1.29, 1.82) is 0 Å². The van der Waals surface area contributed by atoms with E-state index in [0.29, 0.717) is 16.4 Å². The zero-order valence-corrected chi connectivity index (χ0v) is 13.6. The molecule has 1 amide bonds. The van der Waals surface area contributed by atoms with E-state index in [1.54, 1.807) is 42.6 Å². The summed E-state index contributed by atoms with van der Waals surface area (Å²) in [6, 6.07) is 11.7. The molecule has 0 spiro atoms. The van der Waals surface area contributed by atoms with Gasteiger partial charge in [-0.15, -0.1) is 0 Å². The number of aromatic nitrogens is 2. The SMILES string of the molecule is Cc1c(Cl)cccc1NC(=O)COc1cc(=O)n2ccccc2n1. The minimum absolute atomic E-state index is 0.101. The second-order valence-electron chi connectivity index (χ2n) is 5.11. The van der Waals surface area contributed by atoms with Crippen LogP contribution in [0.2, 0.25) is 5.02 Å². The van der Waals surface area contributed by atoms with Crippen molar-refractivity contribution in [3.8, 4) is 5.88 Å². The molecule has 0 saturated carbocycles. The Kier molecular flexibility index (Phi) is 4.48. The molecule has 0 saturated heterocycles. The highest BCUT2D eigenvalue weighted by Crippen LogP contribution is 2.22. The van der Waals surface area contributed by atoms with Gasteiger partial charge in [-0.1, -0.05) is 23.7 Å². The number of benzene rings is 1. The summed E-state index contributed by atoms with van der Waals surface area (Å²) in [5.74, 6) is -0.264. The maximum absolute atomic E-state index is 12.0. The molecule has 3 rings (SSSR count). The van der Waals surface area contributed by atoms with E-state index in [9.17, 15) is 9.59 Å². The number of carbonyl (C=O) groups excluding carboxylic acids is 1. The highest BCUT2D eigenvalue weighted by molar-refractivity contribution is 6.31. The van der Waals surface area contributed by atoms with Crippen LogP contribution in [0.1, 0.15) is 5.56 Å². The predicted molar refractivity (Wildman–Crippen MR) is 91.8 cm³/mol. The third-order valence-corrected chi connectivity index (χ3v) is 3.85. The number of ether oxygens (including phenoxy) is 1. The van der Waals surface area contributed by atoms with E-state index >= 15 is 0 Å². The number of hydrogen-bond donors (Lipinski definition) is 1. The van der Waals surface area contributed by atoms with Gasteiger partial charge in [0.2, 0.25) is 5.88 Å². The van der Waals surface area contributed by atoms with Gasteiger partial charge in [0.1, 0.15) is 5.65 Å². The zero-order valence-electron chi connectivity index (χ0n) is 12.8. The third kappa shape index (κ3) is 3.38. The van der Waals surface area contributed by atoms with Crippen LogP contribution in [0.15, 0.2) is 53.5 Å². The van der Waals surface area contributed by atoms with Crippen LogP contribution >= 0.6 is 11.6 Å². The van der Waals surface area contributed by atoms with E-state index in [0.717, 1.165) is 5.56 Å². The molecular formula is C17H14ClN3O3. The monoisotopic (exact) mass is 343 g/mol. The Hall–Kier alpha value is -2.86. The maximum Gasteiger partial charge on any atom is 0.262 e. The number of carbonyl (C=O) groups is 1. The Morgan fingerprint density at radius 3 is 2.96 bits per heavy atom. The lowest BCUT2D eigenvalue weighted by Crippen LogP contribution is -2.22. The van der Waals surface area contributed by atoms with Gasteiger partial charge in [-0.25, -0.2) is 0 Å². The van der Waals surface area contributed by atoms with E-state index in [1.807, 2.05) is 6.92 Å². The molecule has 122 valence electrons. The molecule has 6 nitrogen and oxygen atoms in total. The first-order chi connectivity index (χ1) is 11.5. The molecule has 0 aliphatic rings. The van der Waals surface area contributed by atoms with Gasteiger partial charge in [0, 0.05) is 16.9 Å². The first-order valence-corrected chi connectivity index (χ1v) is 7.58. The summed E-state index contributed by atoms with van der Waals surface area (Å²) in [5, 5.41) is 3.28. The molecule has 24 heavy (non-hydrogen) atoms. The Morgan fingerprint density at radius 2 is 2.12 bits per heavy atom. The average molecular weight is 344 g/mol. The van der Waals surface area contributed by atoms with Crippen LogP contribution in [0.3, 0.4) is 0 Å². The molecule has 2 heterocycles. The first kappa shape index (κ1) is 16.0. The molecule has 0 radical (unpaired) electrons. The van der Waals surface area contributed by atoms with E-state index in [1.165, 1.54) is 10.5 Å². The van der Waals surface area contributed by atoms with Crippen molar-refractivity contribution < 1.29 is 9.53 Å². The van der Waals surface area contributed by atoms with Crippen molar-refractivity contribution in [1.82, 2.24) is 9.38 Å². The zero-order chi connectivity index (χ0) is 17.1. The van der Waals surface area contributed by atoms with Crippen molar-refractivity contribution in [2.75, 3.05) is 11.9 Å². The molecule has 1 aromatic carbocycles. The summed E-state index contributed by atoms with van der Waals surface area (Å²) >= 11 is 6.01. The molecule has 0 aliphatic carbocycles. The number of anilines is 1. The smallest absolute Gasteiger partial charge is 0.262 e. The lowest BCUT2D eigenvalue weighted by Gasteiger charge is -2.10. The number of pyridine rings is 1. The minimum Gasteiger partial charge on any atom is -0.467 e. The fraction of sp³-hybridized carbons (Fsp3) is 0.118. The van der Waals surface area contributed by atoms with Crippen LogP contribution in [-0.2, 0) is 4.79 Å². The molecule has 0 atom stereocenters. The van der Waals surface area contributed by atoms with Gasteiger partial charge in [0.15, 0.2) is 6.61 Å². The molecule has 0 fully saturated rings.